The molecule has 2 aromatic carbocycles. The number of aromatic nitrogens is 3. The molecule has 7 heteroatoms. The third-order valence-corrected chi connectivity index (χ3v) is 4.39. The van der Waals surface area contributed by atoms with Crippen molar-refractivity contribution < 1.29 is 14.1 Å². The first kappa shape index (κ1) is 18.5. The number of aryl methyl sites for hydroxylation is 1. The largest absolute Gasteiger partial charge is 0.471 e. The van der Waals surface area contributed by atoms with Crippen LogP contribution >= 0.6 is 0 Å². The van der Waals surface area contributed by atoms with Crippen LogP contribution in [0.25, 0.3) is 11.3 Å². The number of carbonyl (C=O) groups excluding carboxylic acids is 1. The van der Waals surface area contributed by atoms with Gasteiger partial charge >= 0.3 is 0 Å². The standard InChI is InChI=1S/C22H20N4O3/c1-2-16-8-10-19(11-9-16)28-15-26-14-18(13-23-26)24-22(27)20-12-21(29-25-20)17-6-4-3-5-7-17/h3-14H,2,15H2,1H3,(H,24,27). The second-order valence-corrected chi connectivity index (χ2v) is 6.44. The zero-order valence-corrected chi connectivity index (χ0v) is 15.9. The van der Waals surface area contributed by atoms with Gasteiger partial charge in [0.15, 0.2) is 18.2 Å². The molecule has 4 rings (SSSR count). The molecule has 2 aromatic heterocycles. The highest BCUT2D eigenvalue weighted by Gasteiger charge is 2.14. The summed E-state index contributed by atoms with van der Waals surface area (Å²) in [6.45, 7) is 2.35. The monoisotopic (exact) mass is 388 g/mol. The van der Waals surface area contributed by atoms with E-state index in [4.69, 9.17) is 9.26 Å². The Labute approximate surface area is 167 Å². The Balaban J connectivity index is 1.35. The number of hydrogen-bond donors (Lipinski definition) is 1. The fourth-order valence-electron chi connectivity index (χ4n) is 2.78. The SMILES string of the molecule is CCc1ccc(OCn2cc(NC(=O)c3cc(-c4ccccc4)on3)cn2)cc1. The molecule has 0 aliphatic heterocycles. The average Bonchev–Trinajstić information content (AvgIpc) is 3.43. The summed E-state index contributed by atoms with van der Waals surface area (Å²) in [5.41, 5.74) is 2.86. The maximum Gasteiger partial charge on any atom is 0.277 e. The summed E-state index contributed by atoms with van der Waals surface area (Å²) < 4.78 is 12.6. The van der Waals surface area contributed by atoms with Crippen molar-refractivity contribution in [1.82, 2.24) is 14.9 Å². The van der Waals surface area contributed by atoms with Crippen LogP contribution in [0, 0.1) is 0 Å². The van der Waals surface area contributed by atoms with Crippen molar-refractivity contribution in [3.8, 4) is 17.1 Å². The molecule has 0 aliphatic carbocycles. The van der Waals surface area contributed by atoms with Crippen molar-refractivity contribution in [2.24, 2.45) is 0 Å². The maximum absolute atomic E-state index is 12.4. The lowest BCUT2D eigenvalue weighted by molar-refractivity contribution is 0.101. The number of rotatable bonds is 7. The van der Waals surface area contributed by atoms with Gasteiger partial charge in [0, 0.05) is 11.6 Å². The number of nitrogens with zero attached hydrogens (tertiary/aromatic N) is 3. The van der Waals surface area contributed by atoms with Gasteiger partial charge in [-0.2, -0.15) is 5.10 Å². The second kappa shape index (κ2) is 8.43. The van der Waals surface area contributed by atoms with Gasteiger partial charge in [-0.3, -0.25) is 4.79 Å². The molecule has 1 N–H and O–H groups in total. The molecule has 29 heavy (non-hydrogen) atoms. The molecule has 0 unspecified atom stereocenters. The smallest absolute Gasteiger partial charge is 0.277 e. The minimum Gasteiger partial charge on any atom is -0.471 e. The topological polar surface area (TPSA) is 82.2 Å². The summed E-state index contributed by atoms with van der Waals surface area (Å²) >= 11 is 0. The van der Waals surface area contributed by atoms with E-state index in [0.717, 1.165) is 17.7 Å². The number of benzene rings is 2. The van der Waals surface area contributed by atoms with Crippen molar-refractivity contribution >= 4 is 11.6 Å². The molecule has 7 nitrogen and oxygen atoms in total. The van der Waals surface area contributed by atoms with Gasteiger partial charge in [-0.25, -0.2) is 4.68 Å². The number of anilines is 1. The van der Waals surface area contributed by atoms with Crippen molar-refractivity contribution in [2.45, 2.75) is 20.1 Å². The fourth-order valence-corrected chi connectivity index (χ4v) is 2.78. The lowest BCUT2D eigenvalue weighted by Crippen LogP contribution is -2.11. The number of nitrogens with one attached hydrogen (secondary N) is 1. The highest BCUT2D eigenvalue weighted by Crippen LogP contribution is 2.20. The van der Waals surface area contributed by atoms with Crippen LogP contribution in [-0.2, 0) is 13.2 Å². The minimum atomic E-state index is -0.369. The first-order chi connectivity index (χ1) is 14.2. The molecule has 0 atom stereocenters. The normalized spacial score (nSPS) is 10.7. The summed E-state index contributed by atoms with van der Waals surface area (Å²) in [5.74, 6) is 0.930. The number of ether oxygens (including phenoxy) is 1. The van der Waals surface area contributed by atoms with Crippen molar-refractivity contribution in [3.63, 3.8) is 0 Å². The number of amides is 1. The van der Waals surface area contributed by atoms with Crippen molar-refractivity contribution in [3.05, 3.63) is 84.3 Å². The van der Waals surface area contributed by atoms with Gasteiger partial charge < -0.3 is 14.6 Å². The summed E-state index contributed by atoms with van der Waals surface area (Å²) in [6, 6.07) is 19.0. The molecule has 2 heterocycles. The van der Waals surface area contributed by atoms with Crippen LogP contribution in [-0.4, -0.2) is 20.8 Å². The molecule has 0 saturated carbocycles. The molecular weight excluding hydrogens is 368 g/mol. The Kier molecular flexibility index (Phi) is 5.38. The van der Waals surface area contributed by atoms with E-state index >= 15 is 0 Å². The van der Waals surface area contributed by atoms with Crippen LogP contribution in [0.5, 0.6) is 5.75 Å². The molecule has 0 saturated heterocycles. The quantitative estimate of drug-likeness (QED) is 0.508. The van der Waals surface area contributed by atoms with Gasteiger partial charge in [0.05, 0.1) is 18.1 Å². The van der Waals surface area contributed by atoms with Gasteiger partial charge in [-0.1, -0.05) is 54.5 Å². The molecule has 0 aliphatic rings. The molecule has 4 aromatic rings. The zero-order chi connectivity index (χ0) is 20.1. The van der Waals surface area contributed by atoms with E-state index in [2.05, 4.69) is 22.5 Å². The Morgan fingerprint density at radius 1 is 1.14 bits per heavy atom. The van der Waals surface area contributed by atoms with Gasteiger partial charge in [0.1, 0.15) is 5.75 Å². The minimum absolute atomic E-state index is 0.198. The van der Waals surface area contributed by atoms with Crippen LogP contribution in [0.15, 0.2) is 77.6 Å². The Morgan fingerprint density at radius 3 is 2.69 bits per heavy atom. The van der Waals surface area contributed by atoms with E-state index in [1.54, 1.807) is 23.1 Å². The van der Waals surface area contributed by atoms with Crippen molar-refractivity contribution in [2.75, 3.05) is 5.32 Å². The Morgan fingerprint density at radius 2 is 1.93 bits per heavy atom. The van der Waals surface area contributed by atoms with E-state index in [0.29, 0.717) is 11.4 Å². The predicted molar refractivity (Wildman–Crippen MR) is 109 cm³/mol. The molecule has 0 fully saturated rings. The van der Waals surface area contributed by atoms with Gasteiger partial charge in [0.25, 0.3) is 5.91 Å². The molecule has 0 radical (unpaired) electrons. The predicted octanol–water partition coefficient (Wildman–Crippen LogP) is 4.39. The fraction of sp³-hybridized carbons (Fsp3) is 0.136. The summed E-state index contributed by atoms with van der Waals surface area (Å²) in [6.07, 6.45) is 4.23. The zero-order valence-electron chi connectivity index (χ0n) is 15.9. The van der Waals surface area contributed by atoms with Gasteiger partial charge in [-0.15, -0.1) is 0 Å². The van der Waals surface area contributed by atoms with Gasteiger partial charge in [-0.05, 0) is 24.1 Å². The maximum atomic E-state index is 12.4. The van der Waals surface area contributed by atoms with Crippen LogP contribution in [0.2, 0.25) is 0 Å². The van der Waals surface area contributed by atoms with Crippen molar-refractivity contribution in [1.29, 1.82) is 0 Å². The summed E-state index contributed by atoms with van der Waals surface area (Å²) in [7, 11) is 0. The van der Waals surface area contributed by atoms with Crippen LogP contribution in [0.3, 0.4) is 0 Å². The first-order valence-corrected chi connectivity index (χ1v) is 9.29. The number of hydrogen-bond acceptors (Lipinski definition) is 5. The lowest BCUT2D eigenvalue weighted by Gasteiger charge is -2.06. The third kappa shape index (κ3) is 4.52. The second-order valence-electron chi connectivity index (χ2n) is 6.44. The molecular formula is C22H20N4O3. The highest BCUT2D eigenvalue weighted by atomic mass is 16.5. The summed E-state index contributed by atoms with van der Waals surface area (Å²) in [4.78, 5) is 12.4. The number of carbonyl (C=O) groups is 1. The van der Waals surface area contributed by atoms with E-state index < -0.39 is 0 Å². The first-order valence-electron chi connectivity index (χ1n) is 9.29. The van der Waals surface area contributed by atoms with Crippen LogP contribution in [0.1, 0.15) is 23.0 Å². The van der Waals surface area contributed by atoms with E-state index in [9.17, 15) is 4.79 Å². The van der Waals surface area contributed by atoms with E-state index in [-0.39, 0.29) is 18.3 Å². The third-order valence-electron chi connectivity index (χ3n) is 4.39. The van der Waals surface area contributed by atoms with Crippen LogP contribution < -0.4 is 10.1 Å². The van der Waals surface area contributed by atoms with E-state index in [1.165, 1.54) is 5.56 Å². The summed E-state index contributed by atoms with van der Waals surface area (Å²) in [5, 5.41) is 10.8. The molecule has 1 amide bonds. The average molecular weight is 388 g/mol. The Hall–Kier alpha value is -3.87. The highest BCUT2D eigenvalue weighted by molar-refractivity contribution is 6.03. The lowest BCUT2D eigenvalue weighted by atomic mass is 10.1. The van der Waals surface area contributed by atoms with E-state index in [1.807, 2.05) is 54.6 Å². The van der Waals surface area contributed by atoms with Gasteiger partial charge in [0.2, 0.25) is 0 Å². The molecule has 0 bridgehead atoms. The Bertz CT molecular complexity index is 1080. The molecule has 0 spiro atoms. The molecule has 146 valence electrons. The van der Waals surface area contributed by atoms with Crippen LogP contribution in [0.4, 0.5) is 5.69 Å².